The molecule has 0 aliphatic heterocycles. The number of halogens is 2. The van der Waals surface area contributed by atoms with Crippen molar-refractivity contribution in [3.8, 4) is 11.5 Å². The van der Waals surface area contributed by atoms with E-state index in [9.17, 15) is 0 Å². The van der Waals surface area contributed by atoms with Crippen LogP contribution < -0.4 is 9.47 Å². The van der Waals surface area contributed by atoms with Crippen molar-refractivity contribution in [2.24, 2.45) is 0 Å². The van der Waals surface area contributed by atoms with Crippen LogP contribution in [0.2, 0.25) is 0 Å². The third-order valence-corrected chi connectivity index (χ3v) is 5.13. The van der Waals surface area contributed by atoms with E-state index in [0.29, 0.717) is 5.57 Å². The maximum atomic E-state index is 15.0. The van der Waals surface area contributed by atoms with E-state index < -0.39 is 11.6 Å². The summed E-state index contributed by atoms with van der Waals surface area (Å²) in [5, 5.41) is 0. The minimum Gasteiger partial charge on any atom is -0.497 e. The molecule has 0 heterocycles. The second-order valence-corrected chi connectivity index (χ2v) is 7.07. The molecule has 4 heteroatoms. The molecule has 4 rings (SSSR count). The minimum absolute atomic E-state index is 0.00891. The Bertz CT molecular complexity index is 1020. The predicted octanol–water partition coefficient (Wildman–Crippen LogP) is 6.32. The van der Waals surface area contributed by atoms with E-state index in [1.807, 2.05) is 54.6 Å². The molecule has 0 bridgehead atoms. The highest BCUT2D eigenvalue weighted by atomic mass is 19.1. The van der Waals surface area contributed by atoms with Crippen LogP contribution in [0, 0.1) is 11.6 Å². The molecule has 0 radical (unpaired) electrons. The van der Waals surface area contributed by atoms with Crippen molar-refractivity contribution in [2.45, 2.75) is 25.9 Å². The summed E-state index contributed by atoms with van der Waals surface area (Å²) in [4.78, 5) is 0. The van der Waals surface area contributed by atoms with Gasteiger partial charge in [-0.3, -0.25) is 0 Å². The molecular weight excluding hydrogens is 370 g/mol. The van der Waals surface area contributed by atoms with Gasteiger partial charge in [0.2, 0.25) is 0 Å². The monoisotopic (exact) mass is 392 g/mol. The molecule has 148 valence electrons. The van der Waals surface area contributed by atoms with Gasteiger partial charge in [0.05, 0.1) is 12.7 Å². The Labute approximate surface area is 169 Å². The van der Waals surface area contributed by atoms with Crippen LogP contribution in [-0.2, 0) is 13.0 Å². The maximum Gasteiger partial charge on any atom is 0.137 e. The number of hydrogen-bond acceptors (Lipinski definition) is 2. The van der Waals surface area contributed by atoms with E-state index in [0.717, 1.165) is 41.7 Å². The number of rotatable bonds is 5. The first-order valence-corrected chi connectivity index (χ1v) is 9.69. The average Bonchev–Trinajstić information content (AvgIpc) is 2.94. The number of ether oxygens (including phenoxy) is 2. The summed E-state index contributed by atoms with van der Waals surface area (Å²) >= 11 is 0. The molecule has 1 aliphatic carbocycles. The van der Waals surface area contributed by atoms with E-state index in [-0.39, 0.29) is 17.9 Å². The van der Waals surface area contributed by atoms with E-state index in [4.69, 9.17) is 9.47 Å². The number of fused-ring (bicyclic) bond motifs is 1. The van der Waals surface area contributed by atoms with E-state index in [1.165, 1.54) is 12.1 Å². The van der Waals surface area contributed by atoms with E-state index in [2.05, 4.69) is 0 Å². The van der Waals surface area contributed by atoms with Crippen molar-refractivity contribution in [3.05, 3.63) is 101 Å². The molecule has 0 atom stereocenters. The molecule has 0 aromatic heterocycles. The van der Waals surface area contributed by atoms with Crippen molar-refractivity contribution in [1.82, 2.24) is 0 Å². The predicted molar refractivity (Wildman–Crippen MR) is 110 cm³/mol. The third kappa shape index (κ3) is 4.16. The molecule has 3 aromatic carbocycles. The van der Waals surface area contributed by atoms with Gasteiger partial charge in [0.15, 0.2) is 0 Å². The normalized spacial score (nSPS) is 13.3. The molecular formula is C25H22F2O2. The zero-order valence-corrected chi connectivity index (χ0v) is 16.3. The van der Waals surface area contributed by atoms with Gasteiger partial charge in [0, 0.05) is 12.1 Å². The molecule has 0 amide bonds. The summed E-state index contributed by atoms with van der Waals surface area (Å²) in [5.41, 5.74) is 3.40. The van der Waals surface area contributed by atoms with Gasteiger partial charge >= 0.3 is 0 Å². The Hall–Kier alpha value is -3.14. The number of benzene rings is 3. The topological polar surface area (TPSA) is 18.5 Å². The first-order valence-electron chi connectivity index (χ1n) is 9.69. The third-order valence-electron chi connectivity index (χ3n) is 5.13. The van der Waals surface area contributed by atoms with Crippen molar-refractivity contribution in [2.75, 3.05) is 7.11 Å². The molecule has 3 aromatic rings. The highest BCUT2D eigenvalue weighted by Gasteiger charge is 2.21. The lowest BCUT2D eigenvalue weighted by molar-refractivity contribution is 0.302. The molecule has 0 N–H and O–H groups in total. The first kappa shape index (κ1) is 19.2. The van der Waals surface area contributed by atoms with Gasteiger partial charge in [-0.1, -0.05) is 42.5 Å². The van der Waals surface area contributed by atoms with Gasteiger partial charge in [-0.2, -0.15) is 0 Å². The Morgan fingerprint density at radius 1 is 0.897 bits per heavy atom. The maximum absolute atomic E-state index is 15.0. The summed E-state index contributed by atoms with van der Waals surface area (Å²) in [5.74, 6) is -0.321. The number of methoxy groups -OCH3 is 1. The molecule has 1 aliphatic rings. The summed E-state index contributed by atoms with van der Waals surface area (Å²) in [7, 11) is 1.61. The number of hydrogen-bond donors (Lipinski definition) is 0. The fraction of sp³-hybridized carbons (Fsp3) is 0.200. The second-order valence-electron chi connectivity index (χ2n) is 7.07. The van der Waals surface area contributed by atoms with Gasteiger partial charge < -0.3 is 9.47 Å². The van der Waals surface area contributed by atoms with E-state index >= 15 is 8.78 Å². The molecule has 0 fully saturated rings. The Morgan fingerprint density at radius 3 is 2.38 bits per heavy atom. The minimum atomic E-state index is -0.622. The highest BCUT2D eigenvalue weighted by Crippen LogP contribution is 2.36. The van der Waals surface area contributed by atoms with Crippen molar-refractivity contribution < 1.29 is 18.3 Å². The Morgan fingerprint density at radius 2 is 1.66 bits per heavy atom. The van der Waals surface area contributed by atoms with Crippen LogP contribution in [0.25, 0.3) is 5.57 Å². The lowest BCUT2D eigenvalue weighted by Crippen LogP contribution is -2.02. The Balaban J connectivity index is 1.66. The van der Waals surface area contributed by atoms with Crippen LogP contribution >= 0.6 is 0 Å². The van der Waals surface area contributed by atoms with Crippen LogP contribution in [0.3, 0.4) is 0 Å². The highest BCUT2D eigenvalue weighted by molar-refractivity contribution is 5.83. The van der Waals surface area contributed by atoms with Gasteiger partial charge in [-0.05, 0) is 53.7 Å². The van der Waals surface area contributed by atoms with Gasteiger partial charge in [0.1, 0.15) is 29.7 Å². The quantitative estimate of drug-likeness (QED) is 0.506. The first-order chi connectivity index (χ1) is 14.2. The summed E-state index contributed by atoms with van der Waals surface area (Å²) in [6.07, 6.45) is 4.45. The lowest BCUT2D eigenvalue weighted by atomic mass is 9.93. The number of allylic oxidation sites excluding steroid dienone is 1. The van der Waals surface area contributed by atoms with Crippen LogP contribution in [0.5, 0.6) is 11.5 Å². The zero-order valence-electron chi connectivity index (χ0n) is 16.3. The fourth-order valence-electron chi connectivity index (χ4n) is 3.68. The second kappa shape index (κ2) is 8.48. The van der Waals surface area contributed by atoms with Crippen LogP contribution in [0.4, 0.5) is 8.78 Å². The Kier molecular flexibility index (Phi) is 5.61. The zero-order chi connectivity index (χ0) is 20.2. The fourth-order valence-corrected chi connectivity index (χ4v) is 3.68. The summed E-state index contributed by atoms with van der Waals surface area (Å²) in [6, 6.07) is 17.7. The number of aryl methyl sites for hydroxylation is 1. The average molecular weight is 392 g/mol. The van der Waals surface area contributed by atoms with Gasteiger partial charge in [-0.15, -0.1) is 0 Å². The molecule has 0 saturated heterocycles. The van der Waals surface area contributed by atoms with Gasteiger partial charge in [0.25, 0.3) is 0 Å². The van der Waals surface area contributed by atoms with Gasteiger partial charge in [-0.25, -0.2) is 8.78 Å². The van der Waals surface area contributed by atoms with Crippen molar-refractivity contribution >= 4 is 5.57 Å². The van der Waals surface area contributed by atoms with Crippen LogP contribution in [-0.4, -0.2) is 7.11 Å². The molecule has 0 saturated carbocycles. The standard InChI is InChI=1S/C25H22F2O2/c1-28-19-11-12-21-18(13-19)9-5-6-10-22(21)25-23(26)14-20(15-24(25)27)29-16-17-7-3-2-4-8-17/h2-4,7-8,10-15H,5-6,9,16H2,1H3. The van der Waals surface area contributed by atoms with Crippen LogP contribution in [0.15, 0.2) is 66.7 Å². The van der Waals surface area contributed by atoms with Crippen LogP contribution in [0.1, 0.15) is 35.1 Å². The lowest BCUT2D eigenvalue weighted by Gasteiger charge is -2.15. The SMILES string of the molecule is COc1ccc2c(c1)CCCC=C2c1c(F)cc(OCc2ccccc2)cc1F. The molecule has 2 nitrogen and oxygen atoms in total. The summed E-state index contributed by atoms with van der Waals surface area (Å²) < 4.78 is 40.9. The molecule has 0 spiro atoms. The smallest absolute Gasteiger partial charge is 0.137 e. The van der Waals surface area contributed by atoms with Crippen molar-refractivity contribution in [3.63, 3.8) is 0 Å². The summed E-state index contributed by atoms with van der Waals surface area (Å²) in [6.45, 7) is 0.254. The van der Waals surface area contributed by atoms with E-state index in [1.54, 1.807) is 7.11 Å². The van der Waals surface area contributed by atoms with Crippen molar-refractivity contribution in [1.29, 1.82) is 0 Å². The largest absolute Gasteiger partial charge is 0.497 e. The molecule has 0 unspecified atom stereocenters. The molecule has 29 heavy (non-hydrogen) atoms.